The molecule has 2 aliphatic heterocycles. The summed E-state index contributed by atoms with van der Waals surface area (Å²) in [5.41, 5.74) is -7.29. The number of anilines is 1. The Morgan fingerprint density at radius 1 is 0.625 bits per heavy atom. The minimum absolute atomic E-state index is 0.128. The van der Waals surface area contributed by atoms with E-state index in [0.29, 0.717) is 22.1 Å². The monoisotopic (exact) mass is 562 g/mol. The molecule has 2 heterocycles. The second kappa shape index (κ2) is 8.49. The number of benzene rings is 3. The number of fused-ring (bicyclic) bond motifs is 2. The third-order valence-corrected chi connectivity index (χ3v) is 7.00. The van der Waals surface area contributed by atoms with Crippen LogP contribution in [0.2, 0.25) is 0 Å². The normalized spacial score (nSPS) is 15.7. The molecule has 40 heavy (non-hydrogen) atoms. The van der Waals surface area contributed by atoms with Gasteiger partial charge in [-0.05, 0) is 60.0 Å². The molecule has 0 fully saturated rings. The van der Waals surface area contributed by atoms with Crippen molar-refractivity contribution in [2.45, 2.75) is 24.9 Å². The van der Waals surface area contributed by atoms with Crippen molar-refractivity contribution in [1.82, 2.24) is 4.90 Å². The zero-order chi connectivity index (χ0) is 29.5. The van der Waals surface area contributed by atoms with E-state index in [-0.39, 0.29) is 22.3 Å². The molecule has 4 amide bonds. The quantitative estimate of drug-likeness (QED) is 0.358. The zero-order valence-corrected chi connectivity index (χ0v) is 20.4. The molecular formula is C27H16F6N2O5. The first-order valence-electron chi connectivity index (χ1n) is 11.5. The van der Waals surface area contributed by atoms with Crippen molar-refractivity contribution in [3.05, 3.63) is 88.0 Å². The largest absolute Gasteiger partial charge is 0.430 e. The van der Waals surface area contributed by atoms with Gasteiger partial charge in [-0.1, -0.05) is 18.2 Å². The Balaban J connectivity index is 1.56. The van der Waals surface area contributed by atoms with Crippen LogP contribution in [0.25, 0.3) is 11.1 Å². The van der Waals surface area contributed by atoms with Gasteiger partial charge in [-0.3, -0.25) is 24.1 Å². The van der Waals surface area contributed by atoms with Gasteiger partial charge in [-0.15, -0.1) is 0 Å². The van der Waals surface area contributed by atoms with Crippen molar-refractivity contribution < 1.29 is 50.6 Å². The first-order chi connectivity index (χ1) is 18.5. The lowest BCUT2D eigenvalue weighted by molar-refractivity contribution is -0.376. The number of carbonyl (C=O) groups is 4. The third kappa shape index (κ3) is 3.64. The molecule has 3 aromatic rings. The molecule has 0 radical (unpaired) electrons. The molecule has 0 atom stereocenters. The van der Waals surface area contributed by atoms with Gasteiger partial charge in [0.25, 0.3) is 29.2 Å². The number of carbonyl (C=O) groups excluding carboxylic acids is 4. The van der Waals surface area contributed by atoms with Gasteiger partial charge in [-0.2, -0.15) is 26.3 Å². The molecule has 0 saturated heterocycles. The predicted octanol–water partition coefficient (Wildman–Crippen LogP) is 5.00. The zero-order valence-electron chi connectivity index (χ0n) is 20.4. The van der Waals surface area contributed by atoms with Gasteiger partial charge in [0, 0.05) is 12.6 Å². The third-order valence-electron chi connectivity index (χ3n) is 7.00. The van der Waals surface area contributed by atoms with Crippen LogP contribution < -0.4 is 4.90 Å². The number of imide groups is 2. The highest BCUT2D eigenvalue weighted by atomic mass is 19.4. The summed E-state index contributed by atoms with van der Waals surface area (Å²) >= 11 is 0. The second-order valence-electron chi connectivity index (χ2n) is 9.34. The van der Waals surface area contributed by atoms with Crippen LogP contribution in [-0.4, -0.2) is 53.0 Å². The molecular weight excluding hydrogens is 546 g/mol. The van der Waals surface area contributed by atoms with Crippen LogP contribution in [0.4, 0.5) is 32.0 Å². The van der Waals surface area contributed by atoms with E-state index in [1.54, 1.807) is 0 Å². The summed E-state index contributed by atoms with van der Waals surface area (Å²) < 4.78 is 81.2. The summed E-state index contributed by atoms with van der Waals surface area (Å²) in [7, 11) is 1.32. The lowest BCUT2D eigenvalue weighted by Crippen LogP contribution is -2.54. The van der Waals surface area contributed by atoms with Gasteiger partial charge in [0.05, 0.1) is 27.9 Å². The second-order valence-corrected chi connectivity index (χ2v) is 9.34. The van der Waals surface area contributed by atoms with E-state index in [1.165, 1.54) is 43.4 Å². The molecule has 2 aliphatic rings. The lowest BCUT2D eigenvalue weighted by Gasteiger charge is -2.34. The average Bonchev–Trinajstić information content (AvgIpc) is 3.26. The first kappa shape index (κ1) is 27.1. The highest BCUT2D eigenvalue weighted by Crippen LogP contribution is 2.51. The number of nitrogens with zero attached hydrogens (tertiary/aromatic N) is 2. The Labute approximate surface area is 221 Å². The van der Waals surface area contributed by atoms with Crippen LogP contribution in [0, 0.1) is 6.92 Å². The first-order valence-corrected chi connectivity index (χ1v) is 11.5. The van der Waals surface area contributed by atoms with Gasteiger partial charge in [0.2, 0.25) is 0 Å². The SMILES string of the molecule is Cc1ccc(N2C(=O)c3ccc(-c4ccc5c(c4)C(=O)N(C)C5=O)cc3C2=O)cc1C(O)(C(F)(F)F)C(F)(F)F. The number of amides is 4. The molecule has 0 bridgehead atoms. The molecule has 0 aliphatic carbocycles. The van der Waals surface area contributed by atoms with Crippen molar-refractivity contribution >= 4 is 29.3 Å². The van der Waals surface area contributed by atoms with E-state index in [2.05, 4.69) is 0 Å². The van der Waals surface area contributed by atoms with Crippen LogP contribution in [-0.2, 0) is 5.60 Å². The van der Waals surface area contributed by atoms with Gasteiger partial charge < -0.3 is 5.11 Å². The summed E-state index contributed by atoms with van der Waals surface area (Å²) in [5.74, 6) is -3.04. The maximum Gasteiger partial charge on any atom is 0.430 e. The van der Waals surface area contributed by atoms with Crippen LogP contribution in [0.3, 0.4) is 0 Å². The number of rotatable bonds is 3. The molecule has 0 spiro atoms. The lowest BCUT2D eigenvalue weighted by atomic mass is 9.88. The molecule has 1 N–H and O–H groups in total. The van der Waals surface area contributed by atoms with Crippen molar-refractivity contribution in [3.8, 4) is 11.1 Å². The van der Waals surface area contributed by atoms with Crippen LogP contribution >= 0.6 is 0 Å². The molecule has 13 heteroatoms. The predicted molar refractivity (Wildman–Crippen MR) is 127 cm³/mol. The number of aliphatic hydroxyl groups is 1. The van der Waals surface area contributed by atoms with Crippen molar-refractivity contribution in [3.63, 3.8) is 0 Å². The van der Waals surface area contributed by atoms with E-state index in [1.807, 2.05) is 0 Å². The van der Waals surface area contributed by atoms with Crippen molar-refractivity contribution in [2.24, 2.45) is 0 Å². The van der Waals surface area contributed by atoms with E-state index in [4.69, 9.17) is 0 Å². The summed E-state index contributed by atoms with van der Waals surface area (Å²) in [5, 5.41) is 9.90. The Hall–Kier alpha value is -4.52. The molecule has 206 valence electrons. The minimum Gasteiger partial charge on any atom is -0.369 e. The van der Waals surface area contributed by atoms with E-state index >= 15 is 0 Å². The topological polar surface area (TPSA) is 95.0 Å². The smallest absolute Gasteiger partial charge is 0.369 e. The number of halogens is 6. The van der Waals surface area contributed by atoms with Gasteiger partial charge in [0.15, 0.2) is 0 Å². The molecule has 3 aromatic carbocycles. The number of alkyl halides is 6. The fourth-order valence-corrected chi connectivity index (χ4v) is 4.80. The number of hydrogen-bond donors (Lipinski definition) is 1. The fourth-order valence-electron chi connectivity index (χ4n) is 4.80. The summed E-state index contributed by atoms with van der Waals surface area (Å²) in [6, 6.07) is 10.5. The van der Waals surface area contributed by atoms with E-state index in [9.17, 15) is 50.6 Å². The fraction of sp³-hybridized carbons (Fsp3) is 0.185. The minimum atomic E-state index is -6.16. The Morgan fingerprint density at radius 3 is 1.60 bits per heavy atom. The summed E-state index contributed by atoms with van der Waals surface area (Å²) in [6.07, 6.45) is -12.3. The molecule has 0 aromatic heterocycles. The van der Waals surface area contributed by atoms with Crippen LogP contribution in [0.5, 0.6) is 0 Å². The van der Waals surface area contributed by atoms with Crippen LogP contribution in [0.1, 0.15) is 52.6 Å². The van der Waals surface area contributed by atoms with Crippen molar-refractivity contribution in [1.29, 1.82) is 0 Å². The highest BCUT2D eigenvalue weighted by Gasteiger charge is 2.72. The Bertz CT molecular complexity index is 1650. The summed E-state index contributed by atoms with van der Waals surface area (Å²) in [4.78, 5) is 52.2. The standard InChI is InChI=1S/C27H16F6N2O5/c1-12-3-6-15(11-20(12)25(40,26(28,29)30)27(31,32)33)35-23(38)17-8-5-14(10-19(17)24(35)39)13-4-7-16-18(9-13)22(37)34(2)21(16)36/h3-11,40H,1-2H3. The number of aryl methyl sites for hydroxylation is 1. The van der Waals surface area contributed by atoms with Crippen LogP contribution in [0.15, 0.2) is 54.6 Å². The van der Waals surface area contributed by atoms with Crippen molar-refractivity contribution in [2.75, 3.05) is 11.9 Å². The molecule has 7 nitrogen and oxygen atoms in total. The van der Waals surface area contributed by atoms with Gasteiger partial charge in [-0.25, -0.2) is 4.90 Å². The molecule has 0 unspecified atom stereocenters. The Morgan fingerprint density at radius 2 is 1.07 bits per heavy atom. The summed E-state index contributed by atoms with van der Waals surface area (Å²) in [6.45, 7) is 0.920. The van der Waals surface area contributed by atoms with E-state index < -0.39 is 58.4 Å². The maximum absolute atomic E-state index is 13.5. The average molecular weight is 562 g/mol. The Kier molecular flexibility index (Phi) is 5.74. The van der Waals surface area contributed by atoms with Gasteiger partial charge in [0.1, 0.15) is 0 Å². The molecule has 5 rings (SSSR count). The van der Waals surface area contributed by atoms with E-state index in [0.717, 1.165) is 24.0 Å². The molecule has 0 saturated carbocycles. The maximum atomic E-state index is 13.5. The highest BCUT2D eigenvalue weighted by molar-refractivity contribution is 6.34. The number of hydrogen-bond acceptors (Lipinski definition) is 5. The van der Waals surface area contributed by atoms with Gasteiger partial charge >= 0.3 is 12.4 Å².